The average molecular weight is 288 g/mol. The fraction of sp³-hybridized carbons (Fsp3) is 0.611. The van der Waals surface area contributed by atoms with E-state index in [9.17, 15) is 4.79 Å². The lowest BCUT2D eigenvalue weighted by molar-refractivity contribution is -0.131. The van der Waals surface area contributed by atoms with Gasteiger partial charge in [0.15, 0.2) is 0 Å². The van der Waals surface area contributed by atoms with Gasteiger partial charge in [-0.2, -0.15) is 0 Å². The molecule has 1 fully saturated rings. The zero-order valence-electron chi connectivity index (χ0n) is 13.9. The molecule has 1 heterocycles. The molecule has 0 spiro atoms. The number of carbonyl (C=O) groups is 1. The number of nitrogens with one attached hydrogen (secondary N) is 1. The van der Waals surface area contributed by atoms with Crippen molar-refractivity contribution in [2.75, 3.05) is 6.54 Å². The van der Waals surface area contributed by atoms with Gasteiger partial charge in [-0.15, -0.1) is 0 Å². The summed E-state index contributed by atoms with van der Waals surface area (Å²) in [7, 11) is 0. The summed E-state index contributed by atoms with van der Waals surface area (Å²) in [6, 6.07) is 8.30. The normalized spacial score (nSPS) is 23.9. The first-order valence-corrected chi connectivity index (χ1v) is 8.07. The maximum Gasteiger partial charge on any atom is 0.241 e. The van der Waals surface area contributed by atoms with E-state index in [0.29, 0.717) is 11.8 Å². The average Bonchev–Trinajstić information content (AvgIpc) is 2.76. The van der Waals surface area contributed by atoms with Gasteiger partial charge >= 0.3 is 0 Å². The van der Waals surface area contributed by atoms with Crippen molar-refractivity contribution in [3.63, 3.8) is 0 Å². The quantitative estimate of drug-likeness (QED) is 0.899. The number of hydrogen-bond donors (Lipinski definition) is 1. The number of benzene rings is 1. The van der Waals surface area contributed by atoms with Crippen LogP contribution in [0.1, 0.15) is 51.4 Å². The molecular formula is C18H28N2O. The van der Waals surface area contributed by atoms with E-state index < -0.39 is 0 Å². The van der Waals surface area contributed by atoms with Crippen molar-refractivity contribution in [2.24, 2.45) is 11.8 Å². The molecule has 21 heavy (non-hydrogen) atoms. The highest BCUT2D eigenvalue weighted by molar-refractivity contribution is 5.85. The topological polar surface area (TPSA) is 32.3 Å². The first-order valence-electron chi connectivity index (χ1n) is 8.07. The third-order valence-corrected chi connectivity index (χ3v) is 4.46. The van der Waals surface area contributed by atoms with Gasteiger partial charge in [0.05, 0.1) is 6.04 Å². The number of nitrogens with zero attached hydrogens (tertiary/aromatic N) is 1. The minimum atomic E-state index is -0.0571. The Bertz CT molecular complexity index is 498. The molecule has 0 aliphatic carbocycles. The van der Waals surface area contributed by atoms with Gasteiger partial charge < -0.3 is 4.90 Å². The van der Waals surface area contributed by atoms with Crippen LogP contribution >= 0.6 is 0 Å². The monoisotopic (exact) mass is 288 g/mol. The third kappa shape index (κ3) is 3.29. The van der Waals surface area contributed by atoms with E-state index in [4.69, 9.17) is 0 Å². The lowest BCUT2D eigenvalue weighted by Crippen LogP contribution is -2.36. The van der Waals surface area contributed by atoms with Crippen molar-refractivity contribution >= 4 is 5.91 Å². The van der Waals surface area contributed by atoms with Crippen molar-refractivity contribution in [2.45, 2.75) is 53.2 Å². The Morgan fingerprint density at radius 2 is 1.90 bits per heavy atom. The second-order valence-electron chi connectivity index (χ2n) is 6.67. The summed E-state index contributed by atoms with van der Waals surface area (Å²) >= 11 is 0. The Kier molecular flexibility index (Phi) is 5.04. The highest BCUT2D eigenvalue weighted by Gasteiger charge is 2.41. The van der Waals surface area contributed by atoms with E-state index >= 15 is 0 Å². The van der Waals surface area contributed by atoms with Crippen LogP contribution in [0.5, 0.6) is 0 Å². The second-order valence-corrected chi connectivity index (χ2v) is 6.67. The summed E-state index contributed by atoms with van der Waals surface area (Å²) in [6.07, 6.45) is 1.03. The highest BCUT2D eigenvalue weighted by atomic mass is 16.2. The lowest BCUT2D eigenvalue weighted by Gasteiger charge is -2.27. The van der Waals surface area contributed by atoms with Crippen molar-refractivity contribution in [1.82, 2.24) is 10.2 Å². The lowest BCUT2D eigenvalue weighted by atomic mass is 9.99. The largest absolute Gasteiger partial charge is 0.321 e. The second kappa shape index (κ2) is 6.61. The standard InChI is InChI=1S/C18H28N2O/c1-6-13(4)16-18(21)20(11-12(2)3)17(19-16)15-10-8-7-9-14(15)5/h7-10,12-13,16-17,19H,6,11H2,1-5H3. The first-order chi connectivity index (χ1) is 9.95. The van der Waals surface area contributed by atoms with Crippen molar-refractivity contribution in [3.8, 4) is 0 Å². The number of carbonyl (C=O) groups excluding carboxylic acids is 1. The zero-order chi connectivity index (χ0) is 15.6. The van der Waals surface area contributed by atoms with E-state index in [-0.39, 0.29) is 18.1 Å². The maximum absolute atomic E-state index is 12.8. The maximum atomic E-state index is 12.8. The molecule has 1 aliphatic heterocycles. The molecule has 1 amide bonds. The van der Waals surface area contributed by atoms with Crippen LogP contribution in [0.25, 0.3) is 0 Å². The van der Waals surface area contributed by atoms with E-state index in [1.54, 1.807) is 0 Å². The number of hydrogen-bond acceptors (Lipinski definition) is 2. The molecule has 1 aromatic carbocycles. The summed E-state index contributed by atoms with van der Waals surface area (Å²) in [6.45, 7) is 11.6. The molecule has 1 N–H and O–H groups in total. The van der Waals surface area contributed by atoms with Crippen molar-refractivity contribution in [3.05, 3.63) is 35.4 Å². The summed E-state index contributed by atoms with van der Waals surface area (Å²) in [5, 5.41) is 3.58. The molecule has 3 nitrogen and oxygen atoms in total. The molecule has 1 aliphatic rings. The van der Waals surface area contributed by atoms with Crippen LogP contribution in [-0.4, -0.2) is 23.4 Å². The van der Waals surface area contributed by atoms with E-state index in [2.05, 4.69) is 64.2 Å². The summed E-state index contributed by atoms with van der Waals surface area (Å²) in [4.78, 5) is 14.8. The van der Waals surface area contributed by atoms with E-state index in [1.807, 2.05) is 4.90 Å². The Hall–Kier alpha value is -1.35. The summed E-state index contributed by atoms with van der Waals surface area (Å²) in [5.41, 5.74) is 2.46. The molecule has 3 unspecified atom stereocenters. The van der Waals surface area contributed by atoms with Gasteiger partial charge in [-0.05, 0) is 29.9 Å². The summed E-state index contributed by atoms with van der Waals surface area (Å²) < 4.78 is 0. The van der Waals surface area contributed by atoms with Gasteiger partial charge in [0.2, 0.25) is 5.91 Å². The van der Waals surface area contributed by atoms with Crippen molar-refractivity contribution in [1.29, 1.82) is 0 Å². The Morgan fingerprint density at radius 1 is 1.24 bits per heavy atom. The SMILES string of the molecule is CCC(C)C1NC(c2ccccc2C)N(CC(C)C)C1=O. The molecule has 0 bridgehead atoms. The predicted molar refractivity (Wildman–Crippen MR) is 86.8 cm³/mol. The Balaban J connectivity index is 2.33. The molecule has 1 saturated heterocycles. The Morgan fingerprint density at radius 3 is 2.48 bits per heavy atom. The van der Waals surface area contributed by atoms with Crippen LogP contribution in [0.2, 0.25) is 0 Å². The number of aryl methyl sites for hydroxylation is 1. The molecule has 1 aromatic rings. The molecule has 0 radical (unpaired) electrons. The van der Waals surface area contributed by atoms with Crippen LogP contribution in [0, 0.1) is 18.8 Å². The fourth-order valence-corrected chi connectivity index (χ4v) is 3.02. The molecule has 3 heteroatoms. The van der Waals surface area contributed by atoms with Gasteiger partial charge in [0, 0.05) is 6.54 Å². The van der Waals surface area contributed by atoms with Gasteiger partial charge in [-0.3, -0.25) is 10.1 Å². The van der Waals surface area contributed by atoms with Crippen LogP contribution in [0.4, 0.5) is 0 Å². The predicted octanol–water partition coefficient (Wildman–Crippen LogP) is 3.50. The van der Waals surface area contributed by atoms with Crippen LogP contribution in [0.3, 0.4) is 0 Å². The van der Waals surface area contributed by atoms with Gasteiger partial charge in [-0.1, -0.05) is 58.4 Å². The number of amides is 1. The molecule has 116 valence electrons. The fourth-order valence-electron chi connectivity index (χ4n) is 3.02. The molecule has 2 rings (SSSR count). The zero-order valence-corrected chi connectivity index (χ0v) is 13.9. The Labute approximate surface area is 128 Å². The molecule has 0 aromatic heterocycles. The minimum absolute atomic E-state index is 0.0140. The molecular weight excluding hydrogens is 260 g/mol. The smallest absolute Gasteiger partial charge is 0.241 e. The van der Waals surface area contributed by atoms with Crippen LogP contribution < -0.4 is 5.32 Å². The van der Waals surface area contributed by atoms with Gasteiger partial charge in [0.25, 0.3) is 0 Å². The first kappa shape index (κ1) is 16.0. The van der Waals surface area contributed by atoms with Gasteiger partial charge in [0.1, 0.15) is 6.17 Å². The molecule has 0 saturated carbocycles. The minimum Gasteiger partial charge on any atom is -0.321 e. The molecule has 3 atom stereocenters. The van der Waals surface area contributed by atoms with Crippen LogP contribution in [-0.2, 0) is 4.79 Å². The van der Waals surface area contributed by atoms with E-state index in [0.717, 1.165) is 13.0 Å². The highest BCUT2D eigenvalue weighted by Crippen LogP contribution is 2.31. The summed E-state index contributed by atoms with van der Waals surface area (Å²) in [5.74, 6) is 1.09. The van der Waals surface area contributed by atoms with Gasteiger partial charge in [-0.25, -0.2) is 0 Å². The van der Waals surface area contributed by atoms with Crippen molar-refractivity contribution < 1.29 is 4.79 Å². The number of rotatable bonds is 5. The van der Waals surface area contributed by atoms with Crippen LogP contribution in [0.15, 0.2) is 24.3 Å². The van der Waals surface area contributed by atoms with E-state index in [1.165, 1.54) is 11.1 Å². The third-order valence-electron chi connectivity index (χ3n) is 4.46.